The van der Waals surface area contributed by atoms with Gasteiger partial charge in [-0.3, -0.25) is 4.99 Å². The average molecular weight is 284 g/mol. The largest absolute Gasteiger partial charge is 0.444 e. The van der Waals surface area contributed by atoms with Crippen LogP contribution in [0.2, 0.25) is 0 Å². The normalized spacial score (nSPS) is 22.1. The number of amides is 1. The van der Waals surface area contributed by atoms with Crippen LogP contribution in [0, 0.1) is 5.92 Å². The van der Waals surface area contributed by atoms with Gasteiger partial charge < -0.3 is 20.7 Å². The summed E-state index contributed by atoms with van der Waals surface area (Å²) < 4.78 is 5.15. The molecule has 1 fully saturated rings. The van der Waals surface area contributed by atoms with E-state index >= 15 is 0 Å². The van der Waals surface area contributed by atoms with Crippen LogP contribution in [0.1, 0.15) is 41.0 Å². The third-order valence-electron chi connectivity index (χ3n) is 2.83. The number of nitrogens with one attached hydrogen (secondary N) is 3. The molecule has 2 atom stereocenters. The number of nitrogens with zero attached hydrogens (tertiary/aromatic N) is 1. The van der Waals surface area contributed by atoms with Crippen molar-refractivity contribution in [3.05, 3.63) is 0 Å². The zero-order chi connectivity index (χ0) is 15.2. The number of alkyl carbamates (subject to hydrolysis) is 1. The number of hydrogen-bond acceptors (Lipinski definition) is 3. The molecule has 6 nitrogen and oxygen atoms in total. The van der Waals surface area contributed by atoms with Gasteiger partial charge in [-0.1, -0.05) is 6.92 Å². The van der Waals surface area contributed by atoms with Crippen LogP contribution < -0.4 is 16.0 Å². The second-order valence-electron chi connectivity index (χ2n) is 6.15. The zero-order valence-electron chi connectivity index (χ0n) is 13.2. The molecule has 3 N–H and O–H groups in total. The van der Waals surface area contributed by atoms with Crippen molar-refractivity contribution in [1.29, 1.82) is 0 Å². The SMILES string of the molecule is CCNC(=NCCNC(=O)OC(C)(C)C)NC1CC1C. The molecule has 1 aliphatic rings. The number of ether oxygens (including phenoxy) is 1. The summed E-state index contributed by atoms with van der Waals surface area (Å²) in [6.07, 6.45) is 0.794. The van der Waals surface area contributed by atoms with Gasteiger partial charge in [-0.15, -0.1) is 0 Å². The first-order valence-electron chi connectivity index (χ1n) is 7.33. The Morgan fingerprint density at radius 2 is 2.00 bits per heavy atom. The first kappa shape index (κ1) is 16.6. The summed E-state index contributed by atoms with van der Waals surface area (Å²) in [7, 11) is 0. The van der Waals surface area contributed by atoms with Gasteiger partial charge in [0, 0.05) is 19.1 Å². The van der Waals surface area contributed by atoms with E-state index in [4.69, 9.17) is 4.74 Å². The van der Waals surface area contributed by atoms with E-state index in [1.165, 1.54) is 6.42 Å². The van der Waals surface area contributed by atoms with Gasteiger partial charge in [-0.2, -0.15) is 0 Å². The standard InChI is InChI=1S/C14H28N4O2/c1-6-15-12(18-11-9-10(11)2)16-7-8-17-13(19)20-14(3,4)5/h10-11H,6-9H2,1-5H3,(H,17,19)(H2,15,16,18). The molecule has 0 heterocycles. The lowest BCUT2D eigenvalue weighted by molar-refractivity contribution is 0.0529. The maximum atomic E-state index is 11.4. The van der Waals surface area contributed by atoms with Crippen molar-refractivity contribution >= 4 is 12.1 Å². The molecule has 20 heavy (non-hydrogen) atoms. The van der Waals surface area contributed by atoms with Gasteiger partial charge in [0.05, 0.1) is 6.54 Å². The van der Waals surface area contributed by atoms with Crippen LogP contribution >= 0.6 is 0 Å². The molecule has 0 aromatic carbocycles. The molecule has 1 saturated carbocycles. The number of carbonyl (C=O) groups is 1. The van der Waals surface area contributed by atoms with Crippen LogP contribution in [0.25, 0.3) is 0 Å². The Morgan fingerprint density at radius 1 is 1.35 bits per heavy atom. The molecule has 116 valence electrons. The lowest BCUT2D eigenvalue weighted by Gasteiger charge is -2.19. The van der Waals surface area contributed by atoms with Gasteiger partial charge in [0.1, 0.15) is 5.60 Å². The van der Waals surface area contributed by atoms with E-state index in [1.54, 1.807) is 0 Å². The summed E-state index contributed by atoms with van der Waals surface area (Å²) in [5.41, 5.74) is -0.466. The fourth-order valence-electron chi connectivity index (χ4n) is 1.66. The van der Waals surface area contributed by atoms with Crippen LogP contribution in [0.4, 0.5) is 4.79 Å². The highest BCUT2D eigenvalue weighted by Gasteiger charge is 2.33. The lowest BCUT2D eigenvalue weighted by Crippen LogP contribution is -2.40. The lowest BCUT2D eigenvalue weighted by atomic mass is 10.2. The van der Waals surface area contributed by atoms with Gasteiger partial charge in [0.2, 0.25) is 0 Å². The van der Waals surface area contributed by atoms with E-state index in [0.29, 0.717) is 19.1 Å². The Kier molecular flexibility index (Phi) is 6.10. The fraction of sp³-hybridized carbons (Fsp3) is 0.857. The predicted molar refractivity (Wildman–Crippen MR) is 80.9 cm³/mol. The maximum Gasteiger partial charge on any atom is 0.407 e. The summed E-state index contributed by atoms with van der Waals surface area (Å²) in [6, 6.07) is 0.534. The molecular formula is C14H28N4O2. The smallest absolute Gasteiger partial charge is 0.407 e. The number of hydrogen-bond donors (Lipinski definition) is 3. The first-order chi connectivity index (χ1) is 9.31. The van der Waals surface area contributed by atoms with Crippen molar-refractivity contribution in [2.75, 3.05) is 19.6 Å². The molecule has 2 unspecified atom stereocenters. The monoisotopic (exact) mass is 284 g/mol. The molecular weight excluding hydrogens is 256 g/mol. The summed E-state index contributed by atoms with van der Waals surface area (Å²) in [5.74, 6) is 1.53. The highest BCUT2D eigenvalue weighted by molar-refractivity contribution is 5.80. The van der Waals surface area contributed by atoms with Crippen LogP contribution in [0.5, 0.6) is 0 Å². The number of rotatable bonds is 5. The minimum absolute atomic E-state index is 0.401. The molecule has 6 heteroatoms. The van der Waals surface area contributed by atoms with Crippen LogP contribution in [0.3, 0.4) is 0 Å². The van der Waals surface area contributed by atoms with E-state index in [2.05, 4.69) is 27.9 Å². The molecule has 0 aromatic rings. The second-order valence-corrected chi connectivity index (χ2v) is 6.15. The molecule has 1 aliphatic carbocycles. The highest BCUT2D eigenvalue weighted by Crippen LogP contribution is 2.28. The number of guanidine groups is 1. The zero-order valence-corrected chi connectivity index (χ0v) is 13.2. The Labute approximate surface area is 121 Å². The van der Waals surface area contributed by atoms with Crippen molar-refractivity contribution in [2.24, 2.45) is 10.9 Å². The summed E-state index contributed by atoms with van der Waals surface area (Å²) in [4.78, 5) is 15.9. The van der Waals surface area contributed by atoms with E-state index in [0.717, 1.165) is 18.4 Å². The van der Waals surface area contributed by atoms with Crippen molar-refractivity contribution in [2.45, 2.75) is 52.7 Å². The molecule has 1 amide bonds. The Bertz CT molecular complexity index is 350. The van der Waals surface area contributed by atoms with Gasteiger partial charge in [-0.25, -0.2) is 4.79 Å². The molecule has 0 aromatic heterocycles. The maximum absolute atomic E-state index is 11.4. The van der Waals surface area contributed by atoms with Crippen molar-refractivity contribution in [1.82, 2.24) is 16.0 Å². The number of carbonyl (C=O) groups excluding carboxylic acids is 1. The summed E-state index contributed by atoms with van der Waals surface area (Å²) in [6.45, 7) is 11.6. The molecule has 0 spiro atoms. The van der Waals surface area contributed by atoms with Gasteiger partial charge in [-0.05, 0) is 40.0 Å². The van der Waals surface area contributed by atoms with E-state index in [1.807, 2.05) is 27.7 Å². The van der Waals surface area contributed by atoms with E-state index in [-0.39, 0.29) is 0 Å². The van der Waals surface area contributed by atoms with Crippen LogP contribution in [0.15, 0.2) is 4.99 Å². The molecule has 1 rings (SSSR count). The Balaban J connectivity index is 2.24. The first-order valence-corrected chi connectivity index (χ1v) is 7.33. The Hall–Kier alpha value is -1.46. The average Bonchev–Trinajstić information content (AvgIpc) is 2.98. The van der Waals surface area contributed by atoms with Gasteiger partial charge in [0.15, 0.2) is 5.96 Å². The fourth-order valence-corrected chi connectivity index (χ4v) is 1.66. The quantitative estimate of drug-likeness (QED) is 0.406. The minimum atomic E-state index is -0.466. The molecule has 0 bridgehead atoms. The highest BCUT2D eigenvalue weighted by atomic mass is 16.6. The topological polar surface area (TPSA) is 74.8 Å². The molecule has 0 saturated heterocycles. The Morgan fingerprint density at radius 3 is 2.50 bits per heavy atom. The second kappa shape index (κ2) is 7.36. The number of aliphatic imine (C=N–C) groups is 1. The predicted octanol–water partition coefficient (Wildman–Crippen LogP) is 1.47. The van der Waals surface area contributed by atoms with E-state index in [9.17, 15) is 4.79 Å². The third kappa shape index (κ3) is 7.21. The summed E-state index contributed by atoms with van der Waals surface area (Å²) in [5, 5.41) is 9.25. The van der Waals surface area contributed by atoms with Crippen molar-refractivity contribution < 1.29 is 9.53 Å². The van der Waals surface area contributed by atoms with Crippen LogP contribution in [-0.2, 0) is 4.74 Å². The van der Waals surface area contributed by atoms with Gasteiger partial charge >= 0.3 is 6.09 Å². The molecule has 0 radical (unpaired) electrons. The van der Waals surface area contributed by atoms with Crippen LogP contribution in [-0.4, -0.2) is 43.3 Å². The molecule has 0 aliphatic heterocycles. The van der Waals surface area contributed by atoms with E-state index < -0.39 is 11.7 Å². The summed E-state index contributed by atoms with van der Waals surface area (Å²) >= 11 is 0. The van der Waals surface area contributed by atoms with Crippen molar-refractivity contribution in [3.8, 4) is 0 Å². The van der Waals surface area contributed by atoms with Crippen molar-refractivity contribution in [3.63, 3.8) is 0 Å². The third-order valence-corrected chi connectivity index (χ3v) is 2.83. The minimum Gasteiger partial charge on any atom is -0.444 e. The van der Waals surface area contributed by atoms with Gasteiger partial charge in [0.25, 0.3) is 0 Å².